The second-order valence-electron chi connectivity index (χ2n) is 11.5. The summed E-state index contributed by atoms with van der Waals surface area (Å²) in [6.07, 6.45) is 0. The standard InChI is InChI=1S/C42H32N4O4/c1-49-33-19-13-29(14-20-33)41(47)43-31-17-23-37-35(25-31)39(27-9-5-3-6-10-27)46-38-24-18-32(44-42(48)30-15-21-34(50-2)22-16-30)26-36(38)40(45-37)28-11-7-4-8-12-28/h3-26H,1-2H3,(H,43,47)(H,44,48). The molecular weight excluding hydrogens is 624 g/mol. The van der Waals surface area contributed by atoms with Crippen LogP contribution in [0.4, 0.5) is 22.7 Å². The van der Waals surface area contributed by atoms with Crippen molar-refractivity contribution in [1.82, 2.24) is 0 Å². The van der Waals surface area contributed by atoms with Crippen LogP contribution in [0.15, 0.2) is 156 Å². The van der Waals surface area contributed by atoms with E-state index in [4.69, 9.17) is 19.5 Å². The fraction of sp³-hybridized carbons (Fsp3) is 0.0476. The number of fused-ring (bicyclic) bond motifs is 2. The van der Waals surface area contributed by atoms with Crippen LogP contribution in [0, 0.1) is 0 Å². The van der Waals surface area contributed by atoms with E-state index in [2.05, 4.69) is 10.6 Å². The third-order valence-electron chi connectivity index (χ3n) is 8.28. The Labute approximate surface area is 289 Å². The molecule has 2 amide bonds. The number of amides is 2. The van der Waals surface area contributed by atoms with Gasteiger partial charge in [0.25, 0.3) is 11.8 Å². The van der Waals surface area contributed by atoms with Crippen LogP contribution in [0.5, 0.6) is 11.5 Å². The molecule has 0 saturated heterocycles. The van der Waals surface area contributed by atoms with Gasteiger partial charge in [-0.05, 0) is 84.9 Å². The van der Waals surface area contributed by atoms with Crippen molar-refractivity contribution < 1.29 is 19.1 Å². The molecule has 6 aromatic carbocycles. The number of ether oxygens (including phenoxy) is 2. The zero-order valence-corrected chi connectivity index (χ0v) is 27.4. The Morgan fingerprint density at radius 1 is 0.480 bits per heavy atom. The number of rotatable bonds is 8. The monoisotopic (exact) mass is 656 g/mol. The minimum atomic E-state index is -0.250. The van der Waals surface area contributed by atoms with E-state index < -0.39 is 0 Å². The van der Waals surface area contributed by atoms with E-state index in [1.54, 1.807) is 62.8 Å². The number of methoxy groups -OCH3 is 2. The maximum atomic E-state index is 13.2. The number of nitrogens with zero attached hydrogens (tertiary/aromatic N) is 2. The summed E-state index contributed by atoms with van der Waals surface area (Å²) >= 11 is 0. The average Bonchev–Trinajstić information content (AvgIpc) is 3.17. The molecule has 8 heteroatoms. The molecule has 50 heavy (non-hydrogen) atoms. The van der Waals surface area contributed by atoms with E-state index >= 15 is 0 Å². The SMILES string of the molecule is COc1ccc(C(=O)Nc2ccc3c(c2)C(c2ccccc2)=Nc2ccc(NC(=O)c4ccc(OC)cc4)cc2C(c2ccccc2)=N3)cc1. The molecule has 0 aliphatic carbocycles. The lowest BCUT2D eigenvalue weighted by Gasteiger charge is -2.20. The molecule has 7 rings (SSSR count). The number of anilines is 2. The number of hydrogen-bond donors (Lipinski definition) is 2. The summed E-state index contributed by atoms with van der Waals surface area (Å²) in [5.41, 5.74) is 8.19. The van der Waals surface area contributed by atoms with Gasteiger partial charge in [-0.2, -0.15) is 0 Å². The van der Waals surface area contributed by atoms with Gasteiger partial charge in [-0.1, -0.05) is 60.7 Å². The second-order valence-corrected chi connectivity index (χ2v) is 11.5. The molecule has 2 N–H and O–H groups in total. The van der Waals surface area contributed by atoms with E-state index in [0.717, 1.165) is 22.3 Å². The lowest BCUT2D eigenvalue weighted by molar-refractivity contribution is 0.101. The molecule has 0 fully saturated rings. The van der Waals surface area contributed by atoms with Crippen molar-refractivity contribution in [3.63, 3.8) is 0 Å². The molecule has 0 radical (unpaired) electrons. The highest BCUT2D eigenvalue weighted by atomic mass is 16.5. The molecule has 0 bridgehead atoms. The topological polar surface area (TPSA) is 101 Å². The summed E-state index contributed by atoms with van der Waals surface area (Å²) in [5.74, 6) is 0.843. The number of carbonyl (C=O) groups excluding carboxylic acids is 2. The van der Waals surface area contributed by atoms with Gasteiger partial charge in [0.2, 0.25) is 0 Å². The van der Waals surface area contributed by atoms with Crippen molar-refractivity contribution in [1.29, 1.82) is 0 Å². The van der Waals surface area contributed by atoms with Crippen molar-refractivity contribution in [3.05, 3.63) is 179 Å². The first-order chi connectivity index (χ1) is 24.5. The predicted octanol–water partition coefficient (Wildman–Crippen LogP) is 8.86. The number of benzene rings is 6. The van der Waals surface area contributed by atoms with Crippen molar-refractivity contribution >= 4 is 46.0 Å². The van der Waals surface area contributed by atoms with Gasteiger partial charge >= 0.3 is 0 Å². The Balaban J connectivity index is 1.33. The van der Waals surface area contributed by atoms with Gasteiger partial charge in [-0.3, -0.25) is 9.59 Å². The largest absolute Gasteiger partial charge is 0.497 e. The van der Waals surface area contributed by atoms with Gasteiger partial charge in [-0.25, -0.2) is 9.98 Å². The van der Waals surface area contributed by atoms with E-state index in [1.807, 2.05) is 97.1 Å². The second kappa shape index (κ2) is 14.1. The van der Waals surface area contributed by atoms with Crippen LogP contribution in [0.3, 0.4) is 0 Å². The summed E-state index contributed by atoms with van der Waals surface area (Å²) in [7, 11) is 3.17. The van der Waals surface area contributed by atoms with Crippen LogP contribution in [0.25, 0.3) is 0 Å². The normalized spacial score (nSPS) is 11.8. The molecule has 0 unspecified atom stereocenters. The molecule has 6 aromatic rings. The average molecular weight is 657 g/mol. The van der Waals surface area contributed by atoms with Crippen molar-refractivity contribution in [2.75, 3.05) is 24.9 Å². The molecule has 1 heterocycles. The number of carbonyl (C=O) groups is 2. The van der Waals surface area contributed by atoms with Crippen molar-refractivity contribution in [2.45, 2.75) is 0 Å². The van der Waals surface area contributed by atoms with Crippen LogP contribution in [0.1, 0.15) is 43.0 Å². The van der Waals surface area contributed by atoms with Crippen LogP contribution in [-0.2, 0) is 0 Å². The lowest BCUT2D eigenvalue weighted by atomic mass is 9.95. The number of hydrogen-bond acceptors (Lipinski definition) is 6. The summed E-state index contributed by atoms with van der Waals surface area (Å²) in [5, 5.41) is 6.06. The van der Waals surface area contributed by atoms with Crippen LogP contribution in [-0.4, -0.2) is 37.5 Å². The molecule has 8 nitrogen and oxygen atoms in total. The van der Waals surface area contributed by atoms with E-state index in [0.29, 0.717) is 56.8 Å². The molecule has 0 spiro atoms. The molecule has 0 saturated carbocycles. The van der Waals surface area contributed by atoms with Crippen molar-refractivity contribution in [3.8, 4) is 11.5 Å². The molecule has 1 aliphatic heterocycles. The first kappa shape index (κ1) is 31.8. The zero-order chi connectivity index (χ0) is 34.5. The van der Waals surface area contributed by atoms with Crippen LogP contribution >= 0.6 is 0 Å². The third kappa shape index (κ3) is 6.77. The molecule has 0 aromatic heterocycles. The summed E-state index contributed by atoms with van der Waals surface area (Å²) in [4.78, 5) is 37.0. The predicted molar refractivity (Wildman–Crippen MR) is 198 cm³/mol. The molecular formula is C42H32N4O4. The fourth-order valence-electron chi connectivity index (χ4n) is 5.69. The van der Waals surface area contributed by atoms with E-state index in [1.165, 1.54) is 0 Å². The highest BCUT2D eigenvalue weighted by Gasteiger charge is 2.22. The Morgan fingerprint density at radius 3 is 1.22 bits per heavy atom. The summed E-state index contributed by atoms with van der Waals surface area (Å²) in [6.45, 7) is 0. The smallest absolute Gasteiger partial charge is 0.255 e. The number of aliphatic imine (C=N–C) groups is 2. The first-order valence-electron chi connectivity index (χ1n) is 16.0. The van der Waals surface area contributed by atoms with Gasteiger partial charge in [0.1, 0.15) is 11.5 Å². The maximum Gasteiger partial charge on any atom is 0.255 e. The van der Waals surface area contributed by atoms with Gasteiger partial charge < -0.3 is 20.1 Å². The molecule has 1 aliphatic rings. The van der Waals surface area contributed by atoms with Gasteiger partial charge in [0.15, 0.2) is 0 Å². The first-order valence-corrected chi connectivity index (χ1v) is 16.0. The fourth-order valence-corrected chi connectivity index (χ4v) is 5.69. The lowest BCUT2D eigenvalue weighted by Crippen LogP contribution is -2.15. The Bertz CT molecular complexity index is 2080. The third-order valence-corrected chi connectivity index (χ3v) is 8.28. The van der Waals surface area contributed by atoms with Gasteiger partial charge in [-0.15, -0.1) is 0 Å². The minimum Gasteiger partial charge on any atom is -0.497 e. The minimum absolute atomic E-state index is 0.250. The quantitative estimate of drug-likeness (QED) is 0.171. The Morgan fingerprint density at radius 2 is 0.860 bits per heavy atom. The van der Waals surface area contributed by atoms with Crippen molar-refractivity contribution in [2.24, 2.45) is 9.98 Å². The zero-order valence-electron chi connectivity index (χ0n) is 27.4. The van der Waals surface area contributed by atoms with Crippen LogP contribution < -0.4 is 20.1 Å². The Hall–Kier alpha value is -6.80. The number of nitrogens with one attached hydrogen (secondary N) is 2. The van der Waals surface area contributed by atoms with Gasteiger partial charge in [0, 0.05) is 44.8 Å². The van der Waals surface area contributed by atoms with E-state index in [9.17, 15) is 9.59 Å². The summed E-state index contributed by atoms with van der Waals surface area (Å²) in [6, 6.07) is 44.9. The van der Waals surface area contributed by atoms with E-state index in [-0.39, 0.29) is 11.8 Å². The molecule has 244 valence electrons. The highest BCUT2D eigenvalue weighted by molar-refractivity contribution is 6.23. The maximum absolute atomic E-state index is 13.2. The van der Waals surface area contributed by atoms with Crippen LogP contribution in [0.2, 0.25) is 0 Å². The Kier molecular flexibility index (Phi) is 8.98. The summed E-state index contributed by atoms with van der Waals surface area (Å²) < 4.78 is 10.5. The molecule has 0 atom stereocenters. The van der Waals surface area contributed by atoms with Gasteiger partial charge in [0.05, 0.1) is 37.0 Å². The highest BCUT2D eigenvalue weighted by Crippen LogP contribution is 2.36.